The lowest BCUT2D eigenvalue weighted by molar-refractivity contribution is -0.137. The van der Waals surface area contributed by atoms with Gasteiger partial charge in [-0.05, 0) is 56.2 Å². The molecule has 1 aliphatic heterocycles. The van der Waals surface area contributed by atoms with Crippen LogP contribution in [0.4, 0.5) is 15.8 Å². The van der Waals surface area contributed by atoms with Crippen molar-refractivity contribution < 1.29 is 23.6 Å². The summed E-state index contributed by atoms with van der Waals surface area (Å²) >= 11 is 0. The van der Waals surface area contributed by atoms with Crippen LogP contribution in [0.15, 0.2) is 34.9 Å². The van der Waals surface area contributed by atoms with E-state index in [1.807, 2.05) is 13.8 Å². The Labute approximate surface area is 178 Å². The van der Waals surface area contributed by atoms with Gasteiger partial charge in [0, 0.05) is 35.7 Å². The van der Waals surface area contributed by atoms with E-state index in [1.165, 1.54) is 12.1 Å². The van der Waals surface area contributed by atoms with E-state index < -0.39 is 11.8 Å². The Morgan fingerprint density at radius 1 is 1.39 bits per heavy atom. The molecule has 4 rings (SSSR count). The van der Waals surface area contributed by atoms with Gasteiger partial charge in [-0.15, -0.1) is 0 Å². The third-order valence-electron chi connectivity index (χ3n) is 5.09. The van der Waals surface area contributed by atoms with E-state index in [2.05, 4.69) is 15.5 Å². The predicted octanol–water partition coefficient (Wildman–Crippen LogP) is 4.29. The molecule has 162 valence electrons. The first-order chi connectivity index (χ1) is 14.8. The van der Waals surface area contributed by atoms with Crippen molar-refractivity contribution >= 4 is 17.3 Å². The molecule has 8 nitrogen and oxygen atoms in total. The molecule has 0 aliphatic carbocycles. The summed E-state index contributed by atoms with van der Waals surface area (Å²) in [5.41, 5.74) is 9.02. The average molecular weight is 426 g/mol. The van der Waals surface area contributed by atoms with Crippen molar-refractivity contribution in [1.29, 1.82) is 0 Å². The summed E-state index contributed by atoms with van der Waals surface area (Å²) in [6, 6.07) is 7.96. The van der Waals surface area contributed by atoms with Gasteiger partial charge in [-0.2, -0.15) is 4.98 Å². The van der Waals surface area contributed by atoms with Gasteiger partial charge in [0.25, 0.3) is 5.89 Å². The topological polar surface area (TPSA) is 124 Å². The van der Waals surface area contributed by atoms with Crippen LogP contribution in [0.1, 0.15) is 38.2 Å². The number of hydrogen-bond donors (Lipinski definition) is 3. The Morgan fingerprint density at radius 2 is 2.19 bits per heavy atom. The van der Waals surface area contributed by atoms with Crippen molar-refractivity contribution in [1.82, 2.24) is 10.1 Å². The highest BCUT2D eigenvalue weighted by Gasteiger charge is 2.28. The van der Waals surface area contributed by atoms with Crippen LogP contribution in [0.25, 0.3) is 22.8 Å². The van der Waals surface area contributed by atoms with Crippen LogP contribution in [0.3, 0.4) is 0 Å². The van der Waals surface area contributed by atoms with Gasteiger partial charge in [0.2, 0.25) is 5.82 Å². The number of halogens is 1. The standard InChI is InChI=1S/C22H23FN4O4/c1-11(2)30-18-5-3-12(7-17(18)24)22-26-21(27-31-22)16-9-14(23)8-15-13(4-6-19(28)29)10-25-20(15)16/h3,5,7-9,11,13,25H,4,6,10,24H2,1-2H3,(H,28,29). The molecule has 0 bridgehead atoms. The number of carboxylic acids is 1. The molecule has 1 unspecified atom stereocenters. The number of anilines is 2. The molecule has 0 radical (unpaired) electrons. The number of carbonyl (C=O) groups is 1. The number of rotatable bonds is 7. The van der Waals surface area contributed by atoms with Crippen molar-refractivity contribution in [2.24, 2.45) is 0 Å². The van der Waals surface area contributed by atoms with Gasteiger partial charge in [-0.25, -0.2) is 4.39 Å². The molecule has 9 heteroatoms. The summed E-state index contributed by atoms with van der Waals surface area (Å²) < 4.78 is 25.4. The summed E-state index contributed by atoms with van der Waals surface area (Å²) in [6.45, 7) is 4.35. The Bertz CT molecular complexity index is 1130. The van der Waals surface area contributed by atoms with E-state index in [-0.39, 0.29) is 30.2 Å². The minimum Gasteiger partial charge on any atom is -0.489 e. The Balaban J connectivity index is 1.64. The van der Waals surface area contributed by atoms with Crippen LogP contribution in [-0.4, -0.2) is 33.9 Å². The van der Waals surface area contributed by atoms with Crippen LogP contribution in [-0.2, 0) is 4.79 Å². The molecule has 4 N–H and O–H groups in total. The summed E-state index contributed by atoms with van der Waals surface area (Å²) in [5.74, 6) is -0.367. The van der Waals surface area contributed by atoms with E-state index in [0.717, 1.165) is 5.56 Å². The maximum Gasteiger partial charge on any atom is 0.303 e. The Hall–Kier alpha value is -3.62. The molecular weight excluding hydrogens is 403 g/mol. The fraction of sp³-hybridized carbons (Fsp3) is 0.318. The van der Waals surface area contributed by atoms with Gasteiger partial charge < -0.3 is 25.4 Å². The first kappa shape index (κ1) is 20.6. The van der Waals surface area contributed by atoms with E-state index in [0.29, 0.717) is 41.2 Å². The fourth-order valence-corrected chi connectivity index (χ4v) is 3.71. The van der Waals surface area contributed by atoms with Gasteiger partial charge in [-0.3, -0.25) is 4.79 Å². The molecule has 2 aromatic carbocycles. The number of nitrogens with two attached hydrogens (primary N) is 1. The molecule has 1 atom stereocenters. The summed E-state index contributed by atoms with van der Waals surface area (Å²) in [6.07, 6.45) is 0.423. The van der Waals surface area contributed by atoms with Crippen molar-refractivity contribution in [3.63, 3.8) is 0 Å². The summed E-state index contributed by atoms with van der Waals surface area (Å²) in [5, 5.41) is 16.2. The number of nitrogen functional groups attached to an aromatic ring is 1. The molecule has 0 saturated carbocycles. The maximum absolute atomic E-state index is 14.4. The summed E-state index contributed by atoms with van der Waals surface area (Å²) in [4.78, 5) is 15.3. The second kappa shape index (κ2) is 8.25. The second-order valence-electron chi connectivity index (χ2n) is 7.77. The molecule has 3 aromatic rings. The highest BCUT2D eigenvalue weighted by atomic mass is 19.1. The number of fused-ring (bicyclic) bond motifs is 1. The van der Waals surface area contributed by atoms with Gasteiger partial charge in [-0.1, -0.05) is 5.16 Å². The minimum absolute atomic E-state index is 0.00921. The van der Waals surface area contributed by atoms with Crippen molar-refractivity contribution in [2.75, 3.05) is 17.6 Å². The lowest BCUT2D eigenvalue weighted by Gasteiger charge is -2.12. The van der Waals surface area contributed by atoms with Crippen molar-refractivity contribution in [3.8, 4) is 28.6 Å². The third kappa shape index (κ3) is 4.30. The number of ether oxygens (including phenoxy) is 1. The lowest BCUT2D eigenvalue weighted by atomic mass is 9.94. The quantitative estimate of drug-likeness (QED) is 0.478. The number of benzene rings is 2. The van der Waals surface area contributed by atoms with E-state index >= 15 is 0 Å². The van der Waals surface area contributed by atoms with Crippen LogP contribution < -0.4 is 15.8 Å². The first-order valence-electron chi connectivity index (χ1n) is 10.0. The van der Waals surface area contributed by atoms with E-state index in [4.69, 9.17) is 20.1 Å². The van der Waals surface area contributed by atoms with Gasteiger partial charge in [0.1, 0.15) is 11.6 Å². The Morgan fingerprint density at radius 3 is 2.90 bits per heavy atom. The molecule has 1 aliphatic rings. The van der Waals surface area contributed by atoms with Crippen LogP contribution in [0.5, 0.6) is 5.75 Å². The number of aliphatic carboxylic acids is 1. The monoisotopic (exact) mass is 426 g/mol. The van der Waals surface area contributed by atoms with Crippen LogP contribution >= 0.6 is 0 Å². The minimum atomic E-state index is -0.878. The normalized spacial score (nSPS) is 15.0. The molecule has 31 heavy (non-hydrogen) atoms. The van der Waals surface area contributed by atoms with Crippen molar-refractivity contribution in [2.45, 2.75) is 38.7 Å². The van der Waals surface area contributed by atoms with Gasteiger partial charge in [0.05, 0.1) is 11.8 Å². The number of nitrogens with one attached hydrogen (secondary N) is 1. The van der Waals surface area contributed by atoms with E-state index in [9.17, 15) is 9.18 Å². The fourth-order valence-electron chi connectivity index (χ4n) is 3.71. The maximum atomic E-state index is 14.4. The van der Waals surface area contributed by atoms with Gasteiger partial charge in [0.15, 0.2) is 0 Å². The number of aromatic nitrogens is 2. The molecule has 0 amide bonds. The molecule has 0 spiro atoms. The molecule has 2 heterocycles. The SMILES string of the molecule is CC(C)Oc1ccc(-c2nc(-c3cc(F)cc4c3NCC4CCC(=O)O)no2)cc1N. The number of carboxylic acid groups (broad SMARTS) is 1. The smallest absolute Gasteiger partial charge is 0.303 e. The van der Waals surface area contributed by atoms with Crippen LogP contribution in [0.2, 0.25) is 0 Å². The number of hydrogen-bond acceptors (Lipinski definition) is 7. The summed E-state index contributed by atoms with van der Waals surface area (Å²) in [7, 11) is 0. The Kier molecular flexibility index (Phi) is 5.50. The van der Waals surface area contributed by atoms with Gasteiger partial charge >= 0.3 is 5.97 Å². The zero-order chi connectivity index (χ0) is 22.1. The predicted molar refractivity (Wildman–Crippen MR) is 113 cm³/mol. The zero-order valence-electron chi connectivity index (χ0n) is 17.2. The molecular formula is C22H23FN4O4. The second-order valence-corrected chi connectivity index (χ2v) is 7.77. The molecule has 0 saturated heterocycles. The molecule has 1 aromatic heterocycles. The van der Waals surface area contributed by atoms with Crippen molar-refractivity contribution in [3.05, 3.63) is 41.7 Å². The highest BCUT2D eigenvalue weighted by molar-refractivity contribution is 5.80. The zero-order valence-corrected chi connectivity index (χ0v) is 17.2. The van der Waals surface area contributed by atoms with Crippen LogP contribution in [0, 0.1) is 5.82 Å². The van der Waals surface area contributed by atoms with E-state index in [1.54, 1.807) is 18.2 Å². The number of nitrogens with zero attached hydrogens (tertiary/aromatic N) is 2. The highest BCUT2D eigenvalue weighted by Crippen LogP contribution is 2.41. The lowest BCUT2D eigenvalue weighted by Crippen LogP contribution is -2.07. The first-order valence-corrected chi connectivity index (χ1v) is 10.0. The molecule has 0 fully saturated rings. The average Bonchev–Trinajstić information content (AvgIpc) is 3.34. The third-order valence-corrected chi connectivity index (χ3v) is 5.09. The largest absolute Gasteiger partial charge is 0.489 e.